The van der Waals surface area contributed by atoms with E-state index < -0.39 is 5.97 Å². The molecule has 0 aliphatic carbocycles. The maximum absolute atomic E-state index is 9.61. The van der Waals surface area contributed by atoms with Crippen molar-refractivity contribution in [1.82, 2.24) is 4.98 Å². The molecule has 1 aromatic heterocycles. The van der Waals surface area contributed by atoms with Gasteiger partial charge in [-0.15, -0.1) is 0 Å². The standard InChI is InChI=1S/C7H10ClNO3/c1-11-7(10,12-2)6-5(8)3-4-9-6/h3-4,9-10H,1-2H3. The summed E-state index contributed by atoms with van der Waals surface area (Å²) in [4.78, 5) is 2.72. The van der Waals surface area contributed by atoms with Gasteiger partial charge in [0.05, 0.1) is 5.02 Å². The Bertz CT molecular complexity index is 257. The highest BCUT2D eigenvalue weighted by Gasteiger charge is 2.32. The molecule has 68 valence electrons. The van der Waals surface area contributed by atoms with E-state index in [1.165, 1.54) is 14.2 Å². The van der Waals surface area contributed by atoms with Crippen LogP contribution in [0.1, 0.15) is 5.69 Å². The minimum Gasteiger partial charge on any atom is -0.357 e. The van der Waals surface area contributed by atoms with Crippen molar-refractivity contribution in [2.24, 2.45) is 0 Å². The summed E-state index contributed by atoms with van der Waals surface area (Å²) in [5.74, 6) is -1.79. The van der Waals surface area contributed by atoms with Crippen LogP contribution in [0.2, 0.25) is 5.02 Å². The third-order valence-corrected chi connectivity index (χ3v) is 1.88. The van der Waals surface area contributed by atoms with Crippen molar-refractivity contribution in [2.45, 2.75) is 5.97 Å². The molecular formula is C7H10ClNO3. The van der Waals surface area contributed by atoms with E-state index in [0.717, 1.165) is 0 Å². The SMILES string of the molecule is COC(O)(OC)c1[nH]ccc1Cl. The van der Waals surface area contributed by atoms with Gasteiger partial charge in [-0.2, -0.15) is 0 Å². The van der Waals surface area contributed by atoms with Gasteiger partial charge in [0.15, 0.2) is 0 Å². The second-order valence-corrected chi connectivity index (χ2v) is 2.60. The second-order valence-electron chi connectivity index (χ2n) is 2.19. The molecule has 2 N–H and O–H groups in total. The van der Waals surface area contributed by atoms with E-state index in [9.17, 15) is 5.11 Å². The molecule has 0 atom stereocenters. The molecule has 0 spiro atoms. The van der Waals surface area contributed by atoms with Crippen LogP contribution in [0.4, 0.5) is 0 Å². The second kappa shape index (κ2) is 3.45. The predicted molar refractivity (Wildman–Crippen MR) is 43.7 cm³/mol. The molecule has 0 amide bonds. The van der Waals surface area contributed by atoms with E-state index in [1.807, 2.05) is 0 Å². The summed E-state index contributed by atoms with van der Waals surface area (Å²) in [5, 5.41) is 9.97. The highest BCUT2D eigenvalue weighted by Crippen LogP contribution is 2.27. The van der Waals surface area contributed by atoms with Gasteiger partial charge >= 0.3 is 5.97 Å². The van der Waals surface area contributed by atoms with Crippen molar-refractivity contribution >= 4 is 11.6 Å². The maximum Gasteiger partial charge on any atom is 0.326 e. The Morgan fingerprint density at radius 3 is 2.42 bits per heavy atom. The summed E-state index contributed by atoms with van der Waals surface area (Å²) >= 11 is 5.73. The first-order valence-electron chi connectivity index (χ1n) is 3.30. The molecule has 0 saturated carbocycles. The monoisotopic (exact) mass is 191 g/mol. The zero-order valence-corrected chi connectivity index (χ0v) is 7.55. The summed E-state index contributed by atoms with van der Waals surface area (Å²) < 4.78 is 9.46. The normalized spacial score (nSPS) is 12.0. The first kappa shape index (κ1) is 9.54. The van der Waals surface area contributed by atoms with Crippen molar-refractivity contribution in [3.8, 4) is 0 Å². The number of rotatable bonds is 3. The number of aliphatic hydroxyl groups is 1. The molecule has 0 bridgehead atoms. The van der Waals surface area contributed by atoms with E-state index in [1.54, 1.807) is 12.3 Å². The van der Waals surface area contributed by atoms with Gasteiger partial charge in [-0.3, -0.25) is 0 Å². The number of nitrogens with one attached hydrogen (secondary N) is 1. The number of aromatic nitrogens is 1. The van der Waals surface area contributed by atoms with Crippen LogP contribution in [0.5, 0.6) is 0 Å². The quantitative estimate of drug-likeness (QED) is 0.703. The van der Waals surface area contributed by atoms with Crippen molar-refractivity contribution in [2.75, 3.05) is 14.2 Å². The Balaban J connectivity index is 3.02. The van der Waals surface area contributed by atoms with Gasteiger partial charge in [-0.25, -0.2) is 0 Å². The molecule has 0 fully saturated rings. The van der Waals surface area contributed by atoms with Crippen LogP contribution >= 0.6 is 11.6 Å². The Morgan fingerprint density at radius 2 is 2.08 bits per heavy atom. The summed E-state index contributed by atoms with van der Waals surface area (Å²) in [6.07, 6.45) is 1.58. The van der Waals surface area contributed by atoms with Crippen LogP contribution in [-0.4, -0.2) is 24.3 Å². The van der Waals surface area contributed by atoms with Gasteiger partial charge in [-0.1, -0.05) is 11.6 Å². The molecule has 1 rings (SSSR count). The first-order chi connectivity index (χ1) is 5.64. The highest BCUT2D eigenvalue weighted by atomic mass is 35.5. The number of aromatic amines is 1. The molecule has 0 aromatic carbocycles. The minimum atomic E-state index is -1.79. The van der Waals surface area contributed by atoms with Crippen LogP contribution in [0.25, 0.3) is 0 Å². The third kappa shape index (κ3) is 1.47. The van der Waals surface area contributed by atoms with E-state index in [0.29, 0.717) is 5.02 Å². The Labute approximate surface area is 75.1 Å². The smallest absolute Gasteiger partial charge is 0.326 e. The summed E-state index contributed by atoms with van der Waals surface area (Å²) in [7, 11) is 2.64. The van der Waals surface area contributed by atoms with E-state index >= 15 is 0 Å². The fraction of sp³-hybridized carbons (Fsp3) is 0.429. The van der Waals surface area contributed by atoms with Crippen LogP contribution in [0.15, 0.2) is 12.3 Å². The highest BCUT2D eigenvalue weighted by molar-refractivity contribution is 6.31. The largest absolute Gasteiger partial charge is 0.357 e. The fourth-order valence-corrected chi connectivity index (χ4v) is 1.12. The molecule has 0 unspecified atom stereocenters. The van der Waals surface area contributed by atoms with Gasteiger partial charge in [0.1, 0.15) is 5.69 Å². The number of H-pyrrole nitrogens is 1. The third-order valence-electron chi connectivity index (χ3n) is 1.57. The minimum absolute atomic E-state index is 0.286. The van der Waals surface area contributed by atoms with Crippen LogP contribution < -0.4 is 0 Å². The summed E-state index contributed by atoms with van der Waals surface area (Å²) in [6.45, 7) is 0. The Hall–Kier alpha value is -0.550. The molecule has 12 heavy (non-hydrogen) atoms. The lowest BCUT2D eigenvalue weighted by Gasteiger charge is -2.23. The summed E-state index contributed by atoms with van der Waals surface area (Å²) in [5.41, 5.74) is 0.286. The van der Waals surface area contributed by atoms with Crippen molar-refractivity contribution in [3.63, 3.8) is 0 Å². The van der Waals surface area contributed by atoms with Crippen molar-refractivity contribution in [1.29, 1.82) is 0 Å². The number of hydrogen-bond acceptors (Lipinski definition) is 3. The average Bonchev–Trinajstić information content (AvgIpc) is 2.51. The lowest BCUT2D eigenvalue weighted by molar-refractivity contribution is -0.354. The molecule has 5 heteroatoms. The molecule has 0 saturated heterocycles. The topological polar surface area (TPSA) is 54.5 Å². The maximum atomic E-state index is 9.61. The van der Waals surface area contributed by atoms with Crippen LogP contribution in [0.3, 0.4) is 0 Å². The van der Waals surface area contributed by atoms with Crippen molar-refractivity contribution < 1.29 is 14.6 Å². The number of halogens is 1. The fourth-order valence-electron chi connectivity index (χ4n) is 0.880. The Kier molecular flexibility index (Phi) is 2.74. The van der Waals surface area contributed by atoms with Gasteiger partial charge in [0, 0.05) is 20.4 Å². The van der Waals surface area contributed by atoms with Gasteiger partial charge in [0.25, 0.3) is 0 Å². The van der Waals surface area contributed by atoms with Gasteiger partial charge in [-0.05, 0) is 6.07 Å². The number of ether oxygens (including phenoxy) is 2. The lowest BCUT2D eigenvalue weighted by Crippen LogP contribution is -2.30. The number of methoxy groups -OCH3 is 2. The molecular weight excluding hydrogens is 182 g/mol. The molecule has 1 heterocycles. The van der Waals surface area contributed by atoms with Crippen LogP contribution in [0, 0.1) is 0 Å². The van der Waals surface area contributed by atoms with E-state index in [4.69, 9.17) is 21.1 Å². The molecule has 4 nitrogen and oxygen atoms in total. The van der Waals surface area contributed by atoms with E-state index in [-0.39, 0.29) is 5.69 Å². The zero-order chi connectivity index (χ0) is 9.19. The molecule has 1 aromatic rings. The Morgan fingerprint density at radius 1 is 1.50 bits per heavy atom. The molecule has 0 aliphatic rings. The van der Waals surface area contributed by atoms with Gasteiger partial charge in [0.2, 0.25) is 0 Å². The van der Waals surface area contributed by atoms with Crippen molar-refractivity contribution in [3.05, 3.63) is 23.0 Å². The zero-order valence-electron chi connectivity index (χ0n) is 6.80. The molecule has 0 aliphatic heterocycles. The molecule has 0 radical (unpaired) electrons. The predicted octanol–water partition coefficient (Wildman–Crippen LogP) is 1.06. The number of hydrogen-bond donors (Lipinski definition) is 2. The van der Waals surface area contributed by atoms with Gasteiger partial charge < -0.3 is 19.6 Å². The summed E-state index contributed by atoms with van der Waals surface area (Å²) in [6, 6.07) is 1.60. The first-order valence-corrected chi connectivity index (χ1v) is 3.68. The van der Waals surface area contributed by atoms with Crippen LogP contribution in [-0.2, 0) is 15.4 Å². The van der Waals surface area contributed by atoms with E-state index in [2.05, 4.69) is 4.98 Å². The lowest BCUT2D eigenvalue weighted by atomic mass is 10.4. The average molecular weight is 192 g/mol.